The first-order valence-electron chi connectivity index (χ1n) is 29.2. The second kappa shape index (κ2) is 14.0. The first kappa shape index (κ1) is 26.2. The predicted octanol–water partition coefficient (Wildman–Crippen LogP) is 15.7. The van der Waals surface area contributed by atoms with E-state index < -0.39 is 95.7 Å². The van der Waals surface area contributed by atoms with Gasteiger partial charge < -0.3 is 4.57 Å². The highest BCUT2D eigenvalue weighted by Gasteiger charge is 2.51. The molecule has 2 aliphatic carbocycles. The summed E-state index contributed by atoms with van der Waals surface area (Å²) >= 11 is 0. The van der Waals surface area contributed by atoms with Crippen molar-refractivity contribution in [2.45, 2.75) is 5.41 Å². The molecule has 314 valence electrons. The Morgan fingerprint density at radius 3 is 1.56 bits per heavy atom. The summed E-state index contributed by atoms with van der Waals surface area (Å²) in [5.74, 6) is 0.145. The Hall–Kier alpha value is -8.99. The highest BCUT2D eigenvalue weighted by Crippen LogP contribution is 2.63. The van der Waals surface area contributed by atoms with Gasteiger partial charge in [0.1, 0.15) is 0 Å². The Morgan fingerprint density at radius 2 is 0.853 bits per heavy atom. The first-order valence-corrected chi connectivity index (χ1v) is 22.2. The van der Waals surface area contributed by atoms with Crippen molar-refractivity contribution in [3.8, 4) is 73.2 Å². The summed E-state index contributed by atoms with van der Waals surface area (Å²) in [6.07, 6.45) is 0. The number of rotatable bonds is 5. The molecule has 0 saturated heterocycles. The number of hydrogen-bond acceptors (Lipinski definition) is 3. The normalized spacial score (nSPS) is 16.0. The lowest BCUT2D eigenvalue weighted by molar-refractivity contribution is 0.794. The van der Waals surface area contributed by atoms with Crippen molar-refractivity contribution in [2.24, 2.45) is 0 Å². The number of nitrogens with zero attached hydrogens (tertiary/aromatic N) is 4. The topological polar surface area (TPSA) is 43.6 Å². The lowest BCUT2D eigenvalue weighted by Crippen LogP contribution is -2.25. The van der Waals surface area contributed by atoms with Gasteiger partial charge in [-0.1, -0.05) is 194 Å². The molecule has 11 aromatic carbocycles. The standard InChI is InChI=1S/C64H38N4/c1-3-16-39(17-4-1)40-30-32-41(33-31-40)61-65-62(42-34-35-48-47-23-11-14-28-54(47)64(55(48)38-42)52-26-12-9-21-45(52)46-22-10-13-27-53(46)64)67-63(66-61)51-36-37-57-60-58(51)49-24-8-7-20-44(49)50-25-15-29-56(59(50)60)68(57)43-18-5-2-6-19-43/h1-38H/i2D,5D,6D,7D,8D,15D,18D,19D,20D,24D,25D,29D,36D,37D. The van der Waals surface area contributed by atoms with Gasteiger partial charge in [-0.05, 0) is 108 Å². The number of para-hydroxylation sites is 1. The van der Waals surface area contributed by atoms with Gasteiger partial charge in [0.15, 0.2) is 17.5 Å². The Balaban J connectivity index is 1.09. The molecule has 0 bridgehead atoms. The minimum atomic E-state index is -0.754. The summed E-state index contributed by atoms with van der Waals surface area (Å²) in [5.41, 5.74) is 9.63. The summed E-state index contributed by atoms with van der Waals surface area (Å²) in [5, 5.41) is -0.788. The minimum absolute atomic E-state index is 0.0288. The van der Waals surface area contributed by atoms with Crippen molar-refractivity contribution in [3.05, 3.63) is 252 Å². The van der Waals surface area contributed by atoms with Crippen LogP contribution in [0.15, 0.2) is 230 Å². The van der Waals surface area contributed by atoms with E-state index in [-0.39, 0.29) is 66.4 Å². The molecule has 4 nitrogen and oxygen atoms in total. The second-order valence-electron chi connectivity index (χ2n) is 17.2. The van der Waals surface area contributed by atoms with E-state index in [0.29, 0.717) is 11.1 Å². The predicted molar refractivity (Wildman–Crippen MR) is 278 cm³/mol. The molecule has 0 radical (unpaired) electrons. The zero-order valence-corrected chi connectivity index (χ0v) is 35.6. The Labute approximate surface area is 412 Å². The van der Waals surface area contributed by atoms with Crippen molar-refractivity contribution in [1.29, 1.82) is 0 Å². The zero-order valence-electron chi connectivity index (χ0n) is 49.6. The SMILES string of the molecule is [2H]c1c([2H])c([2H])c(-n2c3c([2H])c([2H])c([2H])c4c5c([2H])c([2H])c([2H])c([2H])c5c5c(-c6nc(-c7ccc(-c8ccccc8)cc7)nc(-c7ccc8c(c7)C7(c9ccccc9-c9ccccc97)c7ccccc7-8)n6)c([2H])c([2H])c2c5c43)c([2H])c1[2H]. The molecule has 15 rings (SSSR count). The molecule has 1 spiro atoms. The maximum Gasteiger partial charge on any atom is 0.164 e. The van der Waals surface area contributed by atoms with Crippen LogP contribution in [0.4, 0.5) is 0 Å². The Bertz CT molecular complexity index is 4950. The molecule has 0 saturated carbocycles. The van der Waals surface area contributed by atoms with Gasteiger partial charge in [0.25, 0.3) is 0 Å². The maximum absolute atomic E-state index is 10.2. The average Bonchev–Trinajstić information content (AvgIpc) is 1.88. The van der Waals surface area contributed by atoms with Crippen molar-refractivity contribution < 1.29 is 19.2 Å². The molecule has 2 heterocycles. The first-order chi connectivity index (χ1) is 39.6. The molecule has 0 amide bonds. The molecule has 0 unspecified atom stereocenters. The van der Waals surface area contributed by atoms with Crippen LogP contribution in [0, 0.1) is 0 Å². The molecule has 68 heavy (non-hydrogen) atoms. The van der Waals surface area contributed by atoms with E-state index in [1.54, 1.807) is 0 Å². The van der Waals surface area contributed by atoms with Crippen LogP contribution in [0.5, 0.6) is 0 Å². The second-order valence-corrected chi connectivity index (χ2v) is 17.2. The third-order valence-electron chi connectivity index (χ3n) is 13.9. The molecule has 2 aliphatic rings. The van der Waals surface area contributed by atoms with E-state index >= 15 is 0 Å². The van der Waals surface area contributed by atoms with Gasteiger partial charge in [-0.2, -0.15) is 0 Å². The molecule has 4 heteroatoms. The quantitative estimate of drug-likeness (QED) is 0.162. The monoisotopic (exact) mass is 876 g/mol. The van der Waals surface area contributed by atoms with Gasteiger partial charge in [0.2, 0.25) is 0 Å². The van der Waals surface area contributed by atoms with Crippen LogP contribution in [-0.2, 0) is 5.41 Å². The van der Waals surface area contributed by atoms with E-state index in [0.717, 1.165) is 60.2 Å². The number of aromatic nitrogens is 4. The van der Waals surface area contributed by atoms with Crippen molar-refractivity contribution >= 4 is 43.4 Å². The van der Waals surface area contributed by atoms with Crippen molar-refractivity contribution in [1.82, 2.24) is 19.5 Å². The molecule has 0 aliphatic heterocycles. The number of fused-ring (bicyclic) bond motifs is 13. The van der Waals surface area contributed by atoms with Crippen molar-refractivity contribution in [2.75, 3.05) is 0 Å². The maximum atomic E-state index is 10.2. The lowest BCUT2D eigenvalue weighted by atomic mass is 9.70. The van der Waals surface area contributed by atoms with Crippen LogP contribution in [0.25, 0.3) is 117 Å². The molecular formula is C64H38N4. The highest BCUT2D eigenvalue weighted by atomic mass is 15.0. The average molecular weight is 877 g/mol. The molecule has 0 atom stereocenters. The number of benzene rings is 11. The van der Waals surface area contributed by atoms with Crippen LogP contribution < -0.4 is 0 Å². The Kier molecular flexibility index (Phi) is 5.40. The van der Waals surface area contributed by atoms with Gasteiger partial charge in [-0.15, -0.1) is 0 Å². The van der Waals surface area contributed by atoms with Gasteiger partial charge in [0.05, 0.1) is 35.6 Å². The smallest absolute Gasteiger partial charge is 0.164 e. The molecule has 0 fully saturated rings. The summed E-state index contributed by atoms with van der Waals surface area (Å²) in [4.78, 5) is 15.6. The van der Waals surface area contributed by atoms with Gasteiger partial charge >= 0.3 is 0 Å². The Morgan fingerprint density at radius 1 is 0.338 bits per heavy atom. The van der Waals surface area contributed by atoms with Crippen LogP contribution in [0.1, 0.15) is 41.4 Å². The third kappa shape index (κ3) is 5.01. The van der Waals surface area contributed by atoms with Gasteiger partial charge in [0, 0.05) is 38.5 Å². The minimum Gasteiger partial charge on any atom is -0.309 e. The van der Waals surface area contributed by atoms with E-state index in [9.17, 15) is 12.3 Å². The number of hydrogen-bond donors (Lipinski definition) is 0. The largest absolute Gasteiger partial charge is 0.309 e. The fraction of sp³-hybridized carbons (Fsp3) is 0.0156. The molecule has 2 aromatic heterocycles. The van der Waals surface area contributed by atoms with Crippen LogP contribution >= 0.6 is 0 Å². The van der Waals surface area contributed by atoms with Crippen molar-refractivity contribution in [3.63, 3.8) is 0 Å². The van der Waals surface area contributed by atoms with E-state index in [1.807, 2.05) is 78.9 Å². The van der Waals surface area contributed by atoms with Gasteiger partial charge in [-0.25, -0.2) is 15.0 Å². The molecule has 13 aromatic rings. The summed E-state index contributed by atoms with van der Waals surface area (Å²) < 4.78 is 131. The zero-order chi connectivity index (χ0) is 56.7. The molecular weight excluding hydrogens is 825 g/mol. The van der Waals surface area contributed by atoms with Crippen LogP contribution in [0.2, 0.25) is 0 Å². The molecule has 0 N–H and O–H groups in total. The van der Waals surface area contributed by atoms with Gasteiger partial charge in [-0.3, -0.25) is 0 Å². The van der Waals surface area contributed by atoms with E-state index in [1.165, 1.54) is 0 Å². The van der Waals surface area contributed by atoms with Crippen LogP contribution in [-0.4, -0.2) is 19.5 Å². The van der Waals surface area contributed by atoms with E-state index in [2.05, 4.69) is 66.7 Å². The summed E-state index contributed by atoms with van der Waals surface area (Å²) in [7, 11) is 0. The summed E-state index contributed by atoms with van der Waals surface area (Å²) in [6.45, 7) is 0. The highest BCUT2D eigenvalue weighted by molar-refractivity contribution is 6.36. The van der Waals surface area contributed by atoms with E-state index in [4.69, 9.17) is 21.8 Å². The summed E-state index contributed by atoms with van der Waals surface area (Å²) in [6, 6.07) is 39.5. The third-order valence-corrected chi connectivity index (χ3v) is 13.9. The fourth-order valence-corrected chi connectivity index (χ4v) is 11.1. The lowest BCUT2D eigenvalue weighted by Gasteiger charge is -2.30. The van der Waals surface area contributed by atoms with Crippen LogP contribution in [0.3, 0.4) is 0 Å². The fourth-order valence-electron chi connectivity index (χ4n) is 11.1.